The quantitative estimate of drug-likeness (QED) is 0.854. The van der Waals surface area contributed by atoms with Crippen LogP contribution in [0.25, 0.3) is 0 Å². The number of nitrogens with one attached hydrogen (secondary N) is 2. The third-order valence-corrected chi connectivity index (χ3v) is 2.94. The summed E-state index contributed by atoms with van der Waals surface area (Å²) in [5.74, 6) is -0.174. The lowest BCUT2D eigenvalue weighted by atomic mass is 10.1. The van der Waals surface area contributed by atoms with Crippen LogP contribution in [0, 0.1) is 11.3 Å². The number of carbonyl (C=O) groups excluding carboxylic acids is 1. The first-order valence-electron chi connectivity index (χ1n) is 6.32. The first-order chi connectivity index (χ1) is 10.2. The summed E-state index contributed by atoms with van der Waals surface area (Å²) in [5.41, 5.74) is 2.22. The number of thiocarbonyl (C=S) groups is 1. The number of hydrogen-bond donors (Lipinski definition) is 2. The van der Waals surface area contributed by atoms with E-state index in [1.807, 2.05) is 36.4 Å². The minimum atomic E-state index is -0.174. The number of carbonyl (C=O) groups is 1. The smallest absolute Gasteiger partial charge is 0.230 e. The number of nitriles is 1. The van der Waals surface area contributed by atoms with Gasteiger partial charge in [0.05, 0.1) is 18.1 Å². The van der Waals surface area contributed by atoms with Crippen molar-refractivity contribution in [2.45, 2.75) is 6.42 Å². The van der Waals surface area contributed by atoms with Crippen molar-refractivity contribution < 1.29 is 4.79 Å². The van der Waals surface area contributed by atoms with Crippen LogP contribution in [0.2, 0.25) is 0 Å². The molecule has 0 saturated heterocycles. The van der Waals surface area contributed by atoms with E-state index >= 15 is 0 Å². The molecule has 0 heterocycles. The Balaban J connectivity index is 1.86. The first-order valence-corrected chi connectivity index (χ1v) is 6.73. The third kappa shape index (κ3) is 4.71. The molecular formula is C16H13N3OS. The van der Waals surface area contributed by atoms with Crippen LogP contribution in [0.4, 0.5) is 5.69 Å². The zero-order valence-electron chi connectivity index (χ0n) is 11.2. The Morgan fingerprint density at radius 1 is 1.10 bits per heavy atom. The average Bonchev–Trinajstić information content (AvgIpc) is 2.48. The Labute approximate surface area is 128 Å². The number of nitrogens with zero attached hydrogens (tertiary/aromatic N) is 1. The Bertz CT molecular complexity index is 675. The zero-order valence-corrected chi connectivity index (χ0v) is 12.0. The minimum absolute atomic E-state index is 0.174. The monoisotopic (exact) mass is 295 g/mol. The van der Waals surface area contributed by atoms with Crippen LogP contribution >= 0.6 is 12.2 Å². The Morgan fingerprint density at radius 3 is 2.38 bits per heavy atom. The van der Waals surface area contributed by atoms with E-state index in [1.54, 1.807) is 24.3 Å². The molecule has 0 unspecified atom stereocenters. The summed E-state index contributed by atoms with van der Waals surface area (Å²) in [6.45, 7) is 0. The fourth-order valence-corrected chi connectivity index (χ4v) is 1.97. The molecule has 1 amide bonds. The summed E-state index contributed by atoms with van der Waals surface area (Å²) in [7, 11) is 0. The number of benzene rings is 2. The van der Waals surface area contributed by atoms with Crippen LogP contribution in [-0.2, 0) is 11.2 Å². The molecule has 21 heavy (non-hydrogen) atoms. The molecule has 0 fully saturated rings. The fraction of sp³-hybridized carbons (Fsp3) is 0.0625. The first kappa shape index (κ1) is 14.7. The van der Waals surface area contributed by atoms with Crippen molar-refractivity contribution in [2.75, 3.05) is 5.32 Å². The lowest BCUT2D eigenvalue weighted by Crippen LogP contribution is -2.35. The number of anilines is 1. The van der Waals surface area contributed by atoms with Crippen LogP contribution in [0.15, 0.2) is 54.6 Å². The topological polar surface area (TPSA) is 64.9 Å². The van der Waals surface area contributed by atoms with Gasteiger partial charge >= 0.3 is 0 Å². The molecule has 0 spiro atoms. The zero-order chi connectivity index (χ0) is 15.1. The maximum Gasteiger partial charge on any atom is 0.230 e. The summed E-state index contributed by atoms with van der Waals surface area (Å²) in [6, 6.07) is 18.3. The van der Waals surface area contributed by atoms with E-state index in [-0.39, 0.29) is 17.4 Å². The molecule has 2 aromatic rings. The van der Waals surface area contributed by atoms with Gasteiger partial charge in [0.2, 0.25) is 5.91 Å². The van der Waals surface area contributed by atoms with Crippen molar-refractivity contribution in [1.82, 2.24) is 5.32 Å². The van der Waals surface area contributed by atoms with Crippen molar-refractivity contribution in [2.24, 2.45) is 0 Å². The molecule has 0 aliphatic heterocycles. The molecular weight excluding hydrogens is 282 g/mol. The fourth-order valence-electron chi connectivity index (χ4n) is 1.74. The Kier molecular flexibility index (Phi) is 5.02. The molecule has 0 bridgehead atoms. The lowest BCUT2D eigenvalue weighted by Gasteiger charge is -2.09. The van der Waals surface area contributed by atoms with Gasteiger partial charge in [-0.2, -0.15) is 5.26 Å². The Morgan fingerprint density at radius 2 is 1.76 bits per heavy atom. The largest absolute Gasteiger partial charge is 0.332 e. The van der Waals surface area contributed by atoms with Crippen LogP contribution in [-0.4, -0.2) is 11.0 Å². The van der Waals surface area contributed by atoms with Crippen LogP contribution < -0.4 is 10.6 Å². The van der Waals surface area contributed by atoms with Crippen molar-refractivity contribution in [3.63, 3.8) is 0 Å². The molecule has 0 aliphatic rings. The second-order valence-corrected chi connectivity index (χ2v) is 4.76. The lowest BCUT2D eigenvalue weighted by molar-refractivity contribution is -0.119. The highest BCUT2D eigenvalue weighted by atomic mass is 32.1. The van der Waals surface area contributed by atoms with Gasteiger partial charge in [-0.1, -0.05) is 30.3 Å². The summed E-state index contributed by atoms with van der Waals surface area (Å²) >= 11 is 5.08. The standard InChI is InChI=1S/C16H13N3OS/c17-11-13-6-8-14(9-7-13)18-16(21)19-15(20)10-12-4-2-1-3-5-12/h1-9H,10H2,(H2,18,19,20,21). The number of rotatable bonds is 3. The van der Waals surface area contributed by atoms with E-state index in [0.29, 0.717) is 5.56 Å². The minimum Gasteiger partial charge on any atom is -0.332 e. The molecule has 2 N–H and O–H groups in total. The van der Waals surface area contributed by atoms with Crippen molar-refractivity contribution in [3.05, 3.63) is 65.7 Å². The van der Waals surface area contributed by atoms with E-state index in [4.69, 9.17) is 17.5 Å². The van der Waals surface area contributed by atoms with Crippen molar-refractivity contribution in [1.29, 1.82) is 5.26 Å². The maximum atomic E-state index is 11.8. The van der Waals surface area contributed by atoms with Gasteiger partial charge in [0.1, 0.15) is 0 Å². The highest BCUT2D eigenvalue weighted by Gasteiger charge is 2.06. The van der Waals surface area contributed by atoms with E-state index in [2.05, 4.69) is 10.6 Å². The molecule has 0 aromatic heterocycles. The molecule has 2 aromatic carbocycles. The summed E-state index contributed by atoms with van der Waals surface area (Å²) in [4.78, 5) is 11.8. The van der Waals surface area contributed by atoms with Gasteiger partial charge in [0.15, 0.2) is 5.11 Å². The molecule has 0 aliphatic carbocycles. The number of hydrogen-bond acceptors (Lipinski definition) is 3. The van der Waals surface area contributed by atoms with E-state index in [1.165, 1.54) is 0 Å². The SMILES string of the molecule is N#Cc1ccc(NC(=S)NC(=O)Cc2ccccc2)cc1. The highest BCUT2D eigenvalue weighted by Crippen LogP contribution is 2.08. The predicted molar refractivity (Wildman–Crippen MR) is 85.7 cm³/mol. The van der Waals surface area contributed by atoms with E-state index in [9.17, 15) is 4.79 Å². The van der Waals surface area contributed by atoms with Gasteiger partial charge in [-0.3, -0.25) is 4.79 Å². The van der Waals surface area contributed by atoms with Gasteiger partial charge in [-0.25, -0.2) is 0 Å². The van der Waals surface area contributed by atoms with E-state index in [0.717, 1.165) is 11.3 Å². The molecule has 2 rings (SSSR count). The third-order valence-electron chi connectivity index (χ3n) is 2.73. The van der Waals surface area contributed by atoms with Crippen molar-refractivity contribution in [3.8, 4) is 6.07 Å². The normalized spacial score (nSPS) is 9.48. The summed E-state index contributed by atoms with van der Waals surface area (Å²) in [5, 5.41) is 14.5. The van der Waals surface area contributed by atoms with Gasteiger partial charge in [0, 0.05) is 5.69 Å². The molecule has 104 valence electrons. The highest BCUT2D eigenvalue weighted by molar-refractivity contribution is 7.80. The van der Waals surface area contributed by atoms with Gasteiger partial charge in [-0.15, -0.1) is 0 Å². The Hall–Kier alpha value is -2.71. The number of amides is 1. The molecule has 0 saturated carbocycles. The summed E-state index contributed by atoms with van der Waals surface area (Å²) in [6.07, 6.45) is 0.274. The molecule has 4 nitrogen and oxygen atoms in total. The van der Waals surface area contributed by atoms with Crippen LogP contribution in [0.5, 0.6) is 0 Å². The van der Waals surface area contributed by atoms with Crippen LogP contribution in [0.1, 0.15) is 11.1 Å². The molecule has 5 heteroatoms. The average molecular weight is 295 g/mol. The maximum absolute atomic E-state index is 11.8. The van der Waals surface area contributed by atoms with Gasteiger partial charge in [0.25, 0.3) is 0 Å². The van der Waals surface area contributed by atoms with Crippen molar-refractivity contribution >= 4 is 28.9 Å². The van der Waals surface area contributed by atoms with Gasteiger partial charge in [-0.05, 0) is 42.0 Å². The van der Waals surface area contributed by atoms with Gasteiger partial charge < -0.3 is 10.6 Å². The predicted octanol–water partition coefficient (Wildman–Crippen LogP) is 2.61. The molecule has 0 radical (unpaired) electrons. The molecule has 0 atom stereocenters. The second-order valence-electron chi connectivity index (χ2n) is 4.35. The summed E-state index contributed by atoms with van der Waals surface area (Å²) < 4.78 is 0. The van der Waals surface area contributed by atoms with E-state index < -0.39 is 0 Å². The second kappa shape index (κ2) is 7.17. The van der Waals surface area contributed by atoms with Crippen LogP contribution in [0.3, 0.4) is 0 Å².